The molecule has 5 nitrogen and oxygen atoms in total. The van der Waals surface area contributed by atoms with Gasteiger partial charge in [0.05, 0.1) is 12.9 Å². The Bertz CT molecular complexity index is 893. The molecule has 174 valence electrons. The summed E-state index contributed by atoms with van der Waals surface area (Å²) in [5, 5.41) is 3.91. The summed E-state index contributed by atoms with van der Waals surface area (Å²) in [4.78, 5) is 27.4. The van der Waals surface area contributed by atoms with E-state index in [0.29, 0.717) is 22.3 Å². The number of carbonyl (C=O) groups excluding carboxylic acids is 2. The molecule has 2 amide bonds. The minimum absolute atomic E-state index is 0.118. The largest absolute Gasteiger partial charge is 0.497 e. The van der Waals surface area contributed by atoms with E-state index in [1.54, 1.807) is 37.1 Å². The maximum absolute atomic E-state index is 13.1. The number of thioether (sulfide) groups is 1. The third-order valence-electron chi connectivity index (χ3n) is 5.01. The highest BCUT2D eigenvalue weighted by Crippen LogP contribution is 2.24. The Morgan fingerprint density at radius 2 is 1.88 bits per heavy atom. The first-order valence-corrected chi connectivity index (χ1v) is 12.5. The maximum atomic E-state index is 13.1. The topological polar surface area (TPSA) is 58.6 Å². The van der Waals surface area contributed by atoms with Gasteiger partial charge in [-0.1, -0.05) is 54.7 Å². The van der Waals surface area contributed by atoms with Gasteiger partial charge in [0.25, 0.3) is 0 Å². The van der Waals surface area contributed by atoms with Gasteiger partial charge in [0, 0.05) is 28.9 Å². The van der Waals surface area contributed by atoms with Gasteiger partial charge in [-0.3, -0.25) is 9.59 Å². The van der Waals surface area contributed by atoms with Crippen LogP contribution in [0, 0.1) is 0 Å². The van der Waals surface area contributed by atoms with Crippen molar-refractivity contribution in [3.63, 3.8) is 0 Å². The van der Waals surface area contributed by atoms with Gasteiger partial charge in [-0.05, 0) is 48.7 Å². The zero-order chi connectivity index (χ0) is 23.5. The van der Waals surface area contributed by atoms with Crippen molar-refractivity contribution in [2.75, 3.05) is 19.4 Å². The van der Waals surface area contributed by atoms with Gasteiger partial charge in [0.1, 0.15) is 11.8 Å². The molecule has 1 N–H and O–H groups in total. The Morgan fingerprint density at radius 3 is 2.50 bits per heavy atom. The van der Waals surface area contributed by atoms with Crippen LogP contribution in [-0.4, -0.2) is 42.2 Å². The first kappa shape index (κ1) is 26.4. The second-order valence-corrected chi connectivity index (χ2v) is 9.25. The molecule has 0 aliphatic rings. The van der Waals surface area contributed by atoms with E-state index in [4.69, 9.17) is 27.9 Å². The van der Waals surface area contributed by atoms with Crippen LogP contribution in [0.5, 0.6) is 5.75 Å². The van der Waals surface area contributed by atoms with Crippen LogP contribution in [0.3, 0.4) is 0 Å². The lowest BCUT2D eigenvalue weighted by Gasteiger charge is -2.29. The quantitative estimate of drug-likeness (QED) is 0.390. The standard InChI is InChI=1S/C24H30Cl2N2O3S/c1-4-5-12-27-24(30)17(2)28(14-19-8-9-20(25)13-22(19)26)23(29)16-32-15-18-6-10-21(31-3)11-7-18/h6-11,13,17H,4-5,12,14-16H2,1-3H3,(H,27,30)/t17-/m0/s1. The smallest absolute Gasteiger partial charge is 0.242 e. The average molecular weight is 497 g/mol. The van der Waals surface area contributed by atoms with Crippen molar-refractivity contribution >= 4 is 46.8 Å². The summed E-state index contributed by atoms with van der Waals surface area (Å²) in [5.41, 5.74) is 1.85. The van der Waals surface area contributed by atoms with E-state index in [0.717, 1.165) is 29.7 Å². The molecule has 0 radical (unpaired) electrons. The molecule has 0 aromatic heterocycles. The number of nitrogens with one attached hydrogen (secondary N) is 1. The number of halogens is 2. The molecule has 0 aliphatic heterocycles. The van der Waals surface area contributed by atoms with Crippen LogP contribution < -0.4 is 10.1 Å². The van der Waals surface area contributed by atoms with Crippen LogP contribution in [0.15, 0.2) is 42.5 Å². The summed E-state index contributed by atoms with van der Waals surface area (Å²) in [7, 11) is 1.63. The Morgan fingerprint density at radius 1 is 1.16 bits per heavy atom. The van der Waals surface area contributed by atoms with Crippen molar-refractivity contribution in [2.45, 2.75) is 45.0 Å². The number of hydrogen-bond donors (Lipinski definition) is 1. The number of unbranched alkanes of at least 4 members (excludes halogenated alkanes) is 1. The number of benzene rings is 2. The number of methoxy groups -OCH3 is 1. The van der Waals surface area contributed by atoms with E-state index in [2.05, 4.69) is 12.2 Å². The Kier molecular flexibility index (Phi) is 11.2. The zero-order valence-corrected chi connectivity index (χ0v) is 21.0. The first-order chi connectivity index (χ1) is 15.3. The van der Waals surface area contributed by atoms with Gasteiger partial charge in [-0.2, -0.15) is 0 Å². The van der Waals surface area contributed by atoms with Crippen LogP contribution in [0.1, 0.15) is 37.8 Å². The highest BCUT2D eigenvalue weighted by molar-refractivity contribution is 7.99. The van der Waals surface area contributed by atoms with Crippen molar-refractivity contribution in [2.24, 2.45) is 0 Å². The lowest BCUT2D eigenvalue weighted by Crippen LogP contribution is -2.48. The minimum atomic E-state index is -0.618. The van der Waals surface area contributed by atoms with Crippen molar-refractivity contribution in [3.8, 4) is 5.75 Å². The molecule has 1 atom stereocenters. The second kappa shape index (κ2) is 13.6. The third kappa shape index (κ3) is 8.23. The number of ether oxygens (including phenoxy) is 1. The molecular weight excluding hydrogens is 467 g/mol. The molecule has 0 heterocycles. The van der Waals surface area contributed by atoms with Gasteiger partial charge in [-0.15, -0.1) is 11.8 Å². The first-order valence-electron chi connectivity index (χ1n) is 10.6. The normalized spacial score (nSPS) is 11.7. The summed E-state index contributed by atoms with van der Waals surface area (Å²) in [6.07, 6.45) is 1.88. The van der Waals surface area contributed by atoms with E-state index < -0.39 is 6.04 Å². The van der Waals surface area contributed by atoms with Gasteiger partial charge in [-0.25, -0.2) is 0 Å². The number of rotatable bonds is 12. The van der Waals surface area contributed by atoms with E-state index in [1.165, 1.54) is 11.8 Å². The number of hydrogen-bond acceptors (Lipinski definition) is 4. The predicted molar refractivity (Wildman–Crippen MR) is 134 cm³/mol. The fourth-order valence-corrected chi connectivity index (χ4v) is 4.35. The SMILES string of the molecule is CCCCNC(=O)[C@H](C)N(Cc1ccc(Cl)cc1Cl)C(=O)CSCc1ccc(OC)cc1. The highest BCUT2D eigenvalue weighted by Gasteiger charge is 2.26. The zero-order valence-electron chi connectivity index (χ0n) is 18.7. The Hall–Kier alpha value is -1.89. The molecule has 0 saturated heterocycles. The molecule has 8 heteroatoms. The van der Waals surface area contributed by atoms with Crippen LogP contribution in [0.4, 0.5) is 0 Å². The molecule has 0 aliphatic carbocycles. The van der Waals surface area contributed by atoms with Crippen molar-refractivity contribution in [1.82, 2.24) is 10.2 Å². The summed E-state index contributed by atoms with van der Waals surface area (Å²) in [6, 6.07) is 12.3. The molecule has 32 heavy (non-hydrogen) atoms. The number of nitrogens with zero attached hydrogens (tertiary/aromatic N) is 1. The van der Waals surface area contributed by atoms with Crippen molar-refractivity contribution < 1.29 is 14.3 Å². The fraction of sp³-hybridized carbons (Fsp3) is 0.417. The van der Waals surface area contributed by atoms with E-state index in [1.807, 2.05) is 24.3 Å². The predicted octanol–water partition coefficient (Wildman–Crippen LogP) is 5.57. The molecule has 2 aromatic rings. The Balaban J connectivity index is 2.07. The molecule has 0 bridgehead atoms. The number of amides is 2. The molecule has 0 saturated carbocycles. The average Bonchev–Trinajstić information content (AvgIpc) is 2.78. The van der Waals surface area contributed by atoms with Crippen molar-refractivity contribution in [1.29, 1.82) is 0 Å². The minimum Gasteiger partial charge on any atom is -0.497 e. The van der Waals surface area contributed by atoms with Crippen LogP contribution in [0.25, 0.3) is 0 Å². The van der Waals surface area contributed by atoms with Gasteiger partial charge < -0.3 is 15.0 Å². The summed E-state index contributed by atoms with van der Waals surface area (Å²) in [6.45, 7) is 4.64. The second-order valence-electron chi connectivity index (χ2n) is 7.42. The van der Waals surface area contributed by atoms with Crippen LogP contribution >= 0.6 is 35.0 Å². The van der Waals surface area contributed by atoms with Crippen molar-refractivity contribution in [3.05, 3.63) is 63.6 Å². The highest BCUT2D eigenvalue weighted by atomic mass is 35.5. The van der Waals surface area contributed by atoms with E-state index in [9.17, 15) is 9.59 Å². The van der Waals surface area contributed by atoms with Crippen LogP contribution in [0.2, 0.25) is 10.0 Å². The molecule has 2 aromatic carbocycles. The molecule has 0 unspecified atom stereocenters. The number of carbonyl (C=O) groups is 2. The third-order valence-corrected chi connectivity index (χ3v) is 6.58. The summed E-state index contributed by atoms with van der Waals surface area (Å²) in [5.74, 6) is 1.44. The summed E-state index contributed by atoms with van der Waals surface area (Å²) < 4.78 is 5.18. The fourth-order valence-electron chi connectivity index (χ4n) is 3.01. The van der Waals surface area contributed by atoms with Gasteiger partial charge >= 0.3 is 0 Å². The Labute approximate surface area is 204 Å². The maximum Gasteiger partial charge on any atom is 0.242 e. The van der Waals surface area contributed by atoms with Crippen LogP contribution in [-0.2, 0) is 21.9 Å². The molecular formula is C24H30Cl2N2O3S. The lowest BCUT2D eigenvalue weighted by molar-refractivity contribution is -0.138. The molecule has 2 rings (SSSR count). The summed E-state index contributed by atoms with van der Waals surface area (Å²) >= 11 is 13.8. The molecule has 0 spiro atoms. The van der Waals surface area contributed by atoms with Gasteiger partial charge in [0.15, 0.2) is 0 Å². The van der Waals surface area contributed by atoms with Gasteiger partial charge in [0.2, 0.25) is 11.8 Å². The van der Waals surface area contributed by atoms with E-state index in [-0.39, 0.29) is 24.1 Å². The molecule has 0 fully saturated rings. The lowest BCUT2D eigenvalue weighted by atomic mass is 10.1. The van der Waals surface area contributed by atoms with E-state index >= 15 is 0 Å². The monoisotopic (exact) mass is 496 g/mol.